The summed E-state index contributed by atoms with van der Waals surface area (Å²) in [5, 5.41) is 12.4. The highest BCUT2D eigenvalue weighted by Gasteiger charge is 2.06. The molecule has 0 bridgehead atoms. The smallest absolute Gasteiger partial charge is 0.0446 e. The third-order valence-electron chi connectivity index (χ3n) is 2.32. The molecular weight excluding hydrogens is 206 g/mol. The molecule has 0 rings (SSSR count). The van der Waals surface area contributed by atoms with Gasteiger partial charge in [0.2, 0.25) is 0 Å². The molecule has 0 spiro atoms. The zero-order valence-corrected chi connectivity index (χ0v) is 11.3. The molecule has 1 unspecified atom stereocenters. The fraction of sp³-hybridized carbons (Fsp3) is 1.00. The van der Waals surface area contributed by atoms with E-state index < -0.39 is 0 Å². The Morgan fingerprint density at radius 3 is 2.53 bits per heavy atom. The maximum absolute atomic E-state index is 8.93. The summed E-state index contributed by atoms with van der Waals surface area (Å²) in [5.74, 6) is 3.18. The summed E-state index contributed by atoms with van der Waals surface area (Å²) < 4.78 is 0. The molecule has 0 radical (unpaired) electrons. The maximum atomic E-state index is 8.93. The van der Waals surface area contributed by atoms with E-state index in [9.17, 15) is 0 Å². The van der Waals surface area contributed by atoms with Crippen molar-refractivity contribution in [2.24, 2.45) is 5.92 Å². The lowest BCUT2D eigenvalue weighted by Gasteiger charge is -2.17. The van der Waals surface area contributed by atoms with Gasteiger partial charge in [0.15, 0.2) is 0 Å². The molecule has 3 heteroatoms. The molecule has 0 aromatic heterocycles. The summed E-state index contributed by atoms with van der Waals surface area (Å²) >= 11 is 2.01. The van der Waals surface area contributed by atoms with Crippen molar-refractivity contribution in [2.45, 2.75) is 46.1 Å². The van der Waals surface area contributed by atoms with Crippen LogP contribution in [0.3, 0.4) is 0 Å². The van der Waals surface area contributed by atoms with Crippen LogP contribution in [0.15, 0.2) is 0 Å². The molecule has 0 saturated heterocycles. The van der Waals surface area contributed by atoms with Crippen molar-refractivity contribution in [3.8, 4) is 0 Å². The first-order valence-electron chi connectivity index (χ1n) is 6.12. The quantitative estimate of drug-likeness (QED) is 0.569. The molecule has 15 heavy (non-hydrogen) atoms. The highest BCUT2D eigenvalue weighted by Crippen LogP contribution is 2.11. The van der Waals surface area contributed by atoms with Crippen molar-refractivity contribution in [3.63, 3.8) is 0 Å². The van der Waals surface area contributed by atoms with Gasteiger partial charge in [-0.3, -0.25) is 0 Å². The van der Waals surface area contributed by atoms with Crippen LogP contribution in [-0.2, 0) is 0 Å². The molecule has 0 amide bonds. The Hall–Kier alpha value is 0.270. The fourth-order valence-corrected chi connectivity index (χ4v) is 2.67. The Morgan fingerprint density at radius 2 is 2.00 bits per heavy atom. The molecule has 1 atom stereocenters. The van der Waals surface area contributed by atoms with Gasteiger partial charge >= 0.3 is 0 Å². The SMILES string of the molecule is CCCNC(CCO)CSCCC(C)C. The number of hydrogen-bond donors (Lipinski definition) is 2. The third-order valence-corrected chi connectivity index (χ3v) is 3.48. The number of aliphatic hydroxyl groups excluding tert-OH is 1. The molecule has 0 aliphatic heterocycles. The Balaban J connectivity index is 3.47. The van der Waals surface area contributed by atoms with Gasteiger partial charge in [-0.1, -0.05) is 20.8 Å². The van der Waals surface area contributed by atoms with Gasteiger partial charge in [-0.25, -0.2) is 0 Å². The van der Waals surface area contributed by atoms with Crippen LogP contribution in [0.25, 0.3) is 0 Å². The maximum Gasteiger partial charge on any atom is 0.0446 e. The van der Waals surface area contributed by atoms with E-state index in [2.05, 4.69) is 26.1 Å². The van der Waals surface area contributed by atoms with E-state index in [0.29, 0.717) is 12.6 Å². The highest BCUT2D eigenvalue weighted by atomic mass is 32.2. The summed E-state index contributed by atoms with van der Waals surface area (Å²) in [6, 6.07) is 0.493. The van der Waals surface area contributed by atoms with E-state index in [4.69, 9.17) is 5.11 Å². The summed E-state index contributed by atoms with van der Waals surface area (Å²) in [6.07, 6.45) is 3.34. The topological polar surface area (TPSA) is 32.3 Å². The van der Waals surface area contributed by atoms with Crippen LogP contribution in [0, 0.1) is 5.92 Å². The summed E-state index contributed by atoms with van der Waals surface area (Å²) in [6.45, 7) is 8.07. The monoisotopic (exact) mass is 233 g/mol. The van der Waals surface area contributed by atoms with Crippen LogP contribution in [0.5, 0.6) is 0 Å². The number of rotatable bonds is 10. The lowest BCUT2D eigenvalue weighted by Crippen LogP contribution is -2.33. The molecular formula is C12H27NOS. The molecule has 0 aromatic carbocycles. The Labute approximate surface area is 99.2 Å². The van der Waals surface area contributed by atoms with Gasteiger partial charge < -0.3 is 10.4 Å². The molecule has 0 aromatic rings. The number of thioether (sulfide) groups is 1. The predicted octanol–water partition coefficient (Wildman–Crippen LogP) is 2.52. The summed E-state index contributed by atoms with van der Waals surface area (Å²) in [5.41, 5.74) is 0. The minimum atomic E-state index is 0.298. The average Bonchev–Trinajstić information content (AvgIpc) is 2.20. The second-order valence-corrected chi connectivity index (χ2v) is 5.57. The van der Waals surface area contributed by atoms with E-state index in [1.807, 2.05) is 11.8 Å². The predicted molar refractivity (Wildman–Crippen MR) is 70.6 cm³/mol. The third kappa shape index (κ3) is 10.6. The van der Waals surface area contributed by atoms with Crippen molar-refractivity contribution >= 4 is 11.8 Å². The first-order valence-corrected chi connectivity index (χ1v) is 7.28. The minimum absolute atomic E-state index is 0.298. The number of hydrogen-bond acceptors (Lipinski definition) is 3. The molecule has 0 heterocycles. The van der Waals surface area contributed by atoms with Crippen LogP contribution in [-0.4, -0.2) is 35.8 Å². The van der Waals surface area contributed by atoms with Gasteiger partial charge in [0.05, 0.1) is 0 Å². The molecule has 0 aliphatic rings. The molecule has 2 N–H and O–H groups in total. The molecule has 0 fully saturated rings. The number of aliphatic hydroxyl groups is 1. The van der Waals surface area contributed by atoms with Gasteiger partial charge in [-0.2, -0.15) is 11.8 Å². The van der Waals surface area contributed by atoms with Gasteiger partial charge in [-0.05, 0) is 37.5 Å². The van der Waals surface area contributed by atoms with Crippen LogP contribution < -0.4 is 5.32 Å². The first-order chi connectivity index (χ1) is 7.20. The van der Waals surface area contributed by atoms with E-state index in [1.165, 1.54) is 18.6 Å². The van der Waals surface area contributed by atoms with E-state index in [0.717, 1.165) is 24.6 Å². The van der Waals surface area contributed by atoms with Gasteiger partial charge in [0.1, 0.15) is 0 Å². The van der Waals surface area contributed by atoms with Crippen LogP contribution in [0.4, 0.5) is 0 Å². The largest absolute Gasteiger partial charge is 0.396 e. The zero-order valence-electron chi connectivity index (χ0n) is 10.5. The van der Waals surface area contributed by atoms with E-state index in [1.54, 1.807) is 0 Å². The van der Waals surface area contributed by atoms with Crippen molar-refractivity contribution in [3.05, 3.63) is 0 Å². The van der Waals surface area contributed by atoms with Gasteiger partial charge in [-0.15, -0.1) is 0 Å². The molecule has 92 valence electrons. The minimum Gasteiger partial charge on any atom is -0.396 e. The van der Waals surface area contributed by atoms with Gasteiger partial charge in [0, 0.05) is 18.4 Å². The molecule has 0 saturated carbocycles. The Kier molecular flexibility index (Phi) is 11.0. The Morgan fingerprint density at radius 1 is 1.27 bits per heavy atom. The van der Waals surface area contributed by atoms with Crippen LogP contribution in [0.2, 0.25) is 0 Å². The van der Waals surface area contributed by atoms with Crippen molar-refractivity contribution in [1.82, 2.24) is 5.32 Å². The first kappa shape index (κ1) is 15.3. The zero-order chi connectivity index (χ0) is 11.5. The average molecular weight is 233 g/mol. The summed E-state index contributed by atoms with van der Waals surface area (Å²) in [4.78, 5) is 0. The molecule has 0 aliphatic carbocycles. The summed E-state index contributed by atoms with van der Waals surface area (Å²) in [7, 11) is 0. The highest BCUT2D eigenvalue weighted by molar-refractivity contribution is 7.99. The standard InChI is InChI=1S/C12H27NOS/c1-4-7-13-12(5-8-14)10-15-9-6-11(2)3/h11-14H,4-10H2,1-3H3. The van der Waals surface area contributed by atoms with E-state index in [-0.39, 0.29) is 0 Å². The van der Waals surface area contributed by atoms with E-state index >= 15 is 0 Å². The van der Waals surface area contributed by atoms with Crippen molar-refractivity contribution in [2.75, 3.05) is 24.7 Å². The van der Waals surface area contributed by atoms with Gasteiger partial charge in [0.25, 0.3) is 0 Å². The fourth-order valence-electron chi connectivity index (χ4n) is 1.29. The Bertz CT molecular complexity index is 131. The van der Waals surface area contributed by atoms with Crippen LogP contribution in [0.1, 0.15) is 40.0 Å². The lowest BCUT2D eigenvalue weighted by atomic mass is 10.2. The van der Waals surface area contributed by atoms with Crippen LogP contribution >= 0.6 is 11.8 Å². The lowest BCUT2D eigenvalue weighted by molar-refractivity contribution is 0.270. The van der Waals surface area contributed by atoms with Crippen molar-refractivity contribution < 1.29 is 5.11 Å². The number of nitrogens with one attached hydrogen (secondary N) is 1. The second-order valence-electron chi connectivity index (χ2n) is 4.42. The molecule has 2 nitrogen and oxygen atoms in total. The second kappa shape index (κ2) is 10.8. The van der Waals surface area contributed by atoms with Crippen molar-refractivity contribution in [1.29, 1.82) is 0 Å². The normalized spacial score (nSPS) is 13.4.